The van der Waals surface area contributed by atoms with Crippen molar-refractivity contribution < 1.29 is 9.53 Å². The van der Waals surface area contributed by atoms with Crippen molar-refractivity contribution in [3.8, 4) is 0 Å². The predicted octanol–water partition coefficient (Wildman–Crippen LogP) is 1.51. The van der Waals surface area contributed by atoms with Crippen molar-refractivity contribution in [1.29, 1.82) is 0 Å². The van der Waals surface area contributed by atoms with Gasteiger partial charge in [0.25, 0.3) is 5.56 Å². The molecule has 0 amide bonds. The topological polar surface area (TPSA) is 95.2 Å². The Bertz CT molecular complexity index is 1060. The summed E-state index contributed by atoms with van der Waals surface area (Å²) in [4.78, 5) is 42.5. The maximum absolute atomic E-state index is 13.0. The summed E-state index contributed by atoms with van der Waals surface area (Å²) in [6, 6.07) is 3.55. The fraction of sp³-hybridized carbons (Fsp3) is 0.400. The van der Waals surface area contributed by atoms with Crippen LogP contribution in [0.15, 0.2) is 45.4 Å². The highest BCUT2D eigenvalue weighted by molar-refractivity contribution is 5.94. The van der Waals surface area contributed by atoms with Crippen LogP contribution in [-0.4, -0.2) is 26.7 Å². The number of ether oxygens (including phenoxy) is 1. The lowest BCUT2D eigenvalue weighted by Gasteiger charge is -2.30. The summed E-state index contributed by atoms with van der Waals surface area (Å²) in [7, 11) is 3.01. The second-order valence-corrected chi connectivity index (χ2v) is 7.34. The lowest BCUT2D eigenvalue weighted by atomic mass is 9.83. The maximum Gasteiger partial charge on any atom is 0.336 e. The molecule has 3 rings (SSSR count). The van der Waals surface area contributed by atoms with E-state index in [2.05, 4.69) is 10.3 Å². The zero-order chi connectivity index (χ0) is 20.6. The van der Waals surface area contributed by atoms with Crippen LogP contribution >= 0.6 is 0 Å². The van der Waals surface area contributed by atoms with Crippen LogP contribution in [0.3, 0.4) is 0 Å². The minimum absolute atomic E-state index is 0.180. The van der Waals surface area contributed by atoms with Gasteiger partial charge in [-0.05, 0) is 24.5 Å². The fourth-order valence-electron chi connectivity index (χ4n) is 3.36. The van der Waals surface area contributed by atoms with E-state index in [1.54, 1.807) is 38.5 Å². The summed E-state index contributed by atoms with van der Waals surface area (Å²) in [5.41, 5.74) is 0.979. The van der Waals surface area contributed by atoms with Gasteiger partial charge in [-0.25, -0.2) is 9.59 Å². The molecule has 1 N–H and O–H groups in total. The molecule has 1 aliphatic heterocycles. The molecule has 0 saturated heterocycles. The van der Waals surface area contributed by atoms with Gasteiger partial charge in [0.2, 0.25) is 0 Å². The first-order valence-corrected chi connectivity index (χ1v) is 9.08. The van der Waals surface area contributed by atoms with Crippen molar-refractivity contribution in [3.63, 3.8) is 0 Å². The molecule has 0 saturated carbocycles. The van der Waals surface area contributed by atoms with Crippen molar-refractivity contribution in [2.24, 2.45) is 20.0 Å². The molecule has 8 heteroatoms. The average molecular weight is 384 g/mol. The Morgan fingerprint density at radius 2 is 2.00 bits per heavy atom. The monoisotopic (exact) mass is 384 g/mol. The summed E-state index contributed by atoms with van der Waals surface area (Å²) in [6.07, 6.45) is 3.24. The number of pyridine rings is 1. The van der Waals surface area contributed by atoms with Crippen LogP contribution in [-0.2, 0) is 23.6 Å². The van der Waals surface area contributed by atoms with Crippen LogP contribution in [0.5, 0.6) is 0 Å². The van der Waals surface area contributed by atoms with Crippen molar-refractivity contribution in [2.75, 3.05) is 11.9 Å². The third kappa shape index (κ3) is 3.26. The Morgan fingerprint density at radius 1 is 1.29 bits per heavy atom. The molecular formula is C20H24N4O4. The molecule has 2 aromatic rings. The number of hydrogen-bond acceptors (Lipinski definition) is 6. The third-order valence-corrected chi connectivity index (χ3v) is 4.77. The van der Waals surface area contributed by atoms with Crippen LogP contribution in [0.1, 0.15) is 37.8 Å². The zero-order valence-corrected chi connectivity index (χ0v) is 16.6. The van der Waals surface area contributed by atoms with Crippen molar-refractivity contribution in [1.82, 2.24) is 14.1 Å². The van der Waals surface area contributed by atoms with E-state index >= 15 is 0 Å². The van der Waals surface area contributed by atoms with Gasteiger partial charge in [0.05, 0.1) is 23.7 Å². The van der Waals surface area contributed by atoms with Crippen LogP contribution in [0.2, 0.25) is 0 Å². The Kier molecular flexibility index (Phi) is 5.22. The number of allylic oxidation sites excluding steroid dienone is 1. The number of hydrogen-bond donors (Lipinski definition) is 1. The molecule has 148 valence electrons. The van der Waals surface area contributed by atoms with Crippen molar-refractivity contribution in [3.05, 3.63) is 67.8 Å². The second kappa shape index (κ2) is 7.46. The molecule has 0 bridgehead atoms. The van der Waals surface area contributed by atoms with E-state index in [0.29, 0.717) is 28.2 Å². The number of carbonyl (C=O) groups is 1. The number of carbonyl (C=O) groups excluding carboxylic acids is 1. The van der Waals surface area contributed by atoms with Crippen LogP contribution < -0.4 is 16.6 Å². The van der Waals surface area contributed by atoms with Crippen molar-refractivity contribution >= 4 is 11.8 Å². The van der Waals surface area contributed by atoms with Gasteiger partial charge in [0, 0.05) is 32.2 Å². The van der Waals surface area contributed by atoms with E-state index in [9.17, 15) is 14.4 Å². The molecule has 0 aliphatic carbocycles. The lowest BCUT2D eigenvalue weighted by molar-refractivity contribution is -0.140. The molecule has 0 aromatic carbocycles. The number of rotatable bonds is 4. The van der Waals surface area contributed by atoms with Crippen LogP contribution in [0.25, 0.3) is 0 Å². The Hall–Kier alpha value is -3.16. The third-order valence-electron chi connectivity index (χ3n) is 4.77. The molecule has 28 heavy (non-hydrogen) atoms. The largest absolute Gasteiger partial charge is 0.462 e. The molecule has 0 unspecified atom stereocenters. The predicted molar refractivity (Wildman–Crippen MR) is 105 cm³/mol. The molecule has 3 heterocycles. The second-order valence-electron chi connectivity index (χ2n) is 7.34. The van der Waals surface area contributed by atoms with E-state index in [-0.39, 0.29) is 12.5 Å². The molecule has 2 aromatic heterocycles. The van der Waals surface area contributed by atoms with E-state index in [1.165, 1.54) is 11.6 Å². The van der Waals surface area contributed by atoms with Gasteiger partial charge >= 0.3 is 11.7 Å². The lowest BCUT2D eigenvalue weighted by Crippen LogP contribution is -2.43. The Labute approximate surface area is 162 Å². The highest BCUT2D eigenvalue weighted by atomic mass is 16.5. The first-order chi connectivity index (χ1) is 13.2. The van der Waals surface area contributed by atoms with Gasteiger partial charge in [-0.15, -0.1) is 0 Å². The van der Waals surface area contributed by atoms with E-state index in [1.807, 2.05) is 13.8 Å². The Morgan fingerprint density at radius 3 is 2.61 bits per heavy atom. The highest BCUT2D eigenvalue weighted by Crippen LogP contribution is 2.39. The normalized spacial score (nSPS) is 16.0. The summed E-state index contributed by atoms with van der Waals surface area (Å²) in [5.74, 6) is -0.622. The number of fused-ring (bicyclic) bond motifs is 1. The van der Waals surface area contributed by atoms with Crippen molar-refractivity contribution in [2.45, 2.75) is 26.7 Å². The summed E-state index contributed by atoms with van der Waals surface area (Å²) < 4.78 is 7.89. The fourth-order valence-corrected chi connectivity index (χ4v) is 3.36. The molecule has 0 radical (unpaired) electrons. The van der Waals surface area contributed by atoms with Gasteiger partial charge in [0.1, 0.15) is 5.82 Å². The number of anilines is 1. The van der Waals surface area contributed by atoms with Gasteiger partial charge in [-0.3, -0.25) is 18.9 Å². The SMILES string of the molecule is CC1=C(C(=O)OCC(C)C)[C@@H](c2cccnc2)c2c(n(C)c(=O)n(C)c2=O)N1. The van der Waals surface area contributed by atoms with Crippen LogP contribution in [0.4, 0.5) is 5.82 Å². The maximum atomic E-state index is 13.0. The van der Waals surface area contributed by atoms with E-state index in [0.717, 1.165) is 4.57 Å². The van der Waals surface area contributed by atoms with Crippen LogP contribution in [0, 0.1) is 5.92 Å². The molecular weight excluding hydrogens is 360 g/mol. The highest BCUT2D eigenvalue weighted by Gasteiger charge is 2.37. The zero-order valence-electron chi connectivity index (χ0n) is 16.6. The van der Waals surface area contributed by atoms with Gasteiger partial charge in [-0.1, -0.05) is 19.9 Å². The molecule has 1 aliphatic rings. The van der Waals surface area contributed by atoms with E-state index < -0.39 is 23.1 Å². The molecule has 0 spiro atoms. The average Bonchev–Trinajstić information content (AvgIpc) is 2.68. The summed E-state index contributed by atoms with van der Waals surface area (Å²) >= 11 is 0. The number of esters is 1. The number of nitrogens with zero attached hydrogens (tertiary/aromatic N) is 3. The first kappa shape index (κ1) is 19.6. The summed E-state index contributed by atoms with van der Waals surface area (Å²) in [6.45, 7) is 5.91. The summed E-state index contributed by atoms with van der Waals surface area (Å²) in [5, 5.41) is 3.06. The molecule has 1 atom stereocenters. The Balaban J connectivity index is 2.27. The van der Waals surface area contributed by atoms with Gasteiger partial charge < -0.3 is 10.1 Å². The minimum Gasteiger partial charge on any atom is -0.462 e. The number of aromatic nitrogens is 3. The van der Waals surface area contributed by atoms with Gasteiger partial charge in [-0.2, -0.15) is 0 Å². The van der Waals surface area contributed by atoms with Gasteiger partial charge in [0.15, 0.2) is 0 Å². The first-order valence-electron chi connectivity index (χ1n) is 9.08. The number of nitrogens with one attached hydrogen (secondary N) is 1. The molecule has 8 nitrogen and oxygen atoms in total. The smallest absolute Gasteiger partial charge is 0.336 e. The quantitative estimate of drug-likeness (QED) is 0.803. The van der Waals surface area contributed by atoms with E-state index in [4.69, 9.17) is 4.74 Å². The minimum atomic E-state index is -0.685. The standard InChI is InChI=1S/C20H24N4O4/c1-11(2)10-28-19(26)14-12(3)22-17-16(15(14)13-7-6-8-21-9-13)18(25)24(5)20(27)23(17)4/h6-9,11,15,22H,10H2,1-5H3/t15-/m1/s1. The molecule has 0 fully saturated rings.